The van der Waals surface area contributed by atoms with Crippen LogP contribution in [0.3, 0.4) is 0 Å². The second-order valence-electron chi connectivity index (χ2n) is 5.96. The standard InChI is InChI=1S/C21H17N5O2/c27-20(14-28-19-8-6-18(7-9-19)26-11-10-22-15-26)25-21-23-12-17(13-24-21)16-4-2-1-3-5-16/h1-13,15H,14H2,(H,23,24,25,27). The van der Waals surface area contributed by atoms with E-state index in [1.807, 2.05) is 53.2 Å². The maximum absolute atomic E-state index is 12.1. The molecule has 4 rings (SSSR count). The van der Waals surface area contributed by atoms with Gasteiger partial charge >= 0.3 is 0 Å². The molecular formula is C21H17N5O2. The van der Waals surface area contributed by atoms with Crippen LogP contribution in [0.1, 0.15) is 0 Å². The number of nitrogens with zero attached hydrogens (tertiary/aromatic N) is 4. The predicted octanol–water partition coefficient (Wildman–Crippen LogP) is 3.35. The van der Waals surface area contributed by atoms with Gasteiger partial charge in [0.25, 0.3) is 5.91 Å². The summed E-state index contributed by atoms with van der Waals surface area (Å²) in [6.45, 7) is -0.131. The molecule has 0 radical (unpaired) electrons. The minimum atomic E-state index is -0.328. The van der Waals surface area contributed by atoms with Gasteiger partial charge in [-0.05, 0) is 29.8 Å². The largest absolute Gasteiger partial charge is 0.484 e. The van der Waals surface area contributed by atoms with Gasteiger partial charge in [-0.3, -0.25) is 10.1 Å². The van der Waals surface area contributed by atoms with E-state index in [2.05, 4.69) is 20.3 Å². The Morgan fingerprint density at radius 3 is 2.39 bits per heavy atom. The van der Waals surface area contributed by atoms with Crippen molar-refractivity contribution in [2.75, 3.05) is 11.9 Å². The third-order valence-electron chi connectivity index (χ3n) is 4.02. The van der Waals surface area contributed by atoms with Crippen molar-refractivity contribution in [2.45, 2.75) is 0 Å². The molecule has 7 heteroatoms. The topological polar surface area (TPSA) is 81.9 Å². The molecule has 138 valence electrons. The van der Waals surface area contributed by atoms with E-state index in [4.69, 9.17) is 4.74 Å². The predicted molar refractivity (Wildman–Crippen MR) is 105 cm³/mol. The number of anilines is 1. The van der Waals surface area contributed by atoms with Gasteiger partial charge in [-0.15, -0.1) is 0 Å². The van der Waals surface area contributed by atoms with Crippen LogP contribution in [0.15, 0.2) is 85.7 Å². The highest BCUT2D eigenvalue weighted by Gasteiger charge is 2.07. The van der Waals surface area contributed by atoms with Gasteiger partial charge in [0.15, 0.2) is 6.61 Å². The lowest BCUT2D eigenvalue weighted by Crippen LogP contribution is -2.21. The normalized spacial score (nSPS) is 10.4. The van der Waals surface area contributed by atoms with Crippen molar-refractivity contribution in [3.05, 3.63) is 85.7 Å². The van der Waals surface area contributed by atoms with Gasteiger partial charge < -0.3 is 9.30 Å². The zero-order valence-corrected chi connectivity index (χ0v) is 14.9. The van der Waals surface area contributed by atoms with Gasteiger partial charge in [-0.25, -0.2) is 15.0 Å². The van der Waals surface area contributed by atoms with Crippen molar-refractivity contribution in [3.8, 4) is 22.6 Å². The second kappa shape index (κ2) is 8.13. The van der Waals surface area contributed by atoms with Crippen molar-refractivity contribution < 1.29 is 9.53 Å². The Morgan fingerprint density at radius 1 is 0.964 bits per heavy atom. The molecule has 4 aromatic rings. The van der Waals surface area contributed by atoms with E-state index in [0.717, 1.165) is 16.8 Å². The third kappa shape index (κ3) is 4.21. The van der Waals surface area contributed by atoms with Crippen LogP contribution in [-0.4, -0.2) is 32.0 Å². The number of nitrogens with one attached hydrogen (secondary N) is 1. The first-order chi connectivity index (χ1) is 13.8. The van der Waals surface area contributed by atoms with Crippen LogP contribution < -0.4 is 10.1 Å². The Kier molecular flexibility index (Phi) is 5.06. The molecule has 2 aromatic carbocycles. The first kappa shape index (κ1) is 17.4. The van der Waals surface area contributed by atoms with E-state index in [1.54, 1.807) is 37.1 Å². The molecule has 0 saturated heterocycles. The van der Waals surface area contributed by atoms with Crippen LogP contribution >= 0.6 is 0 Å². The Labute approximate surface area is 161 Å². The zero-order valence-electron chi connectivity index (χ0n) is 14.9. The maximum atomic E-state index is 12.1. The zero-order chi connectivity index (χ0) is 19.2. The molecule has 2 heterocycles. The van der Waals surface area contributed by atoms with Gasteiger partial charge in [0.05, 0.1) is 6.33 Å². The summed E-state index contributed by atoms with van der Waals surface area (Å²) >= 11 is 0. The number of hydrogen-bond acceptors (Lipinski definition) is 5. The van der Waals surface area contributed by atoms with Crippen molar-refractivity contribution in [3.63, 3.8) is 0 Å². The molecule has 0 aliphatic rings. The molecule has 7 nitrogen and oxygen atoms in total. The number of hydrogen-bond donors (Lipinski definition) is 1. The fraction of sp³-hybridized carbons (Fsp3) is 0.0476. The quantitative estimate of drug-likeness (QED) is 0.562. The molecule has 0 bridgehead atoms. The van der Waals surface area contributed by atoms with Crippen LogP contribution in [0, 0.1) is 0 Å². The molecule has 1 N–H and O–H groups in total. The van der Waals surface area contributed by atoms with Gasteiger partial charge in [0.2, 0.25) is 5.95 Å². The van der Waals surface area contributed by atoms with Crippen molar-refractivity contribution in [2.24, 2.45) is 0 Å². The van der Waals surface area contributed by atoms with Gasteiger partial charge in [-0.2, -0.15) is 0 Å². The summed E-state index contributed by atoms with van der Waals surface area (Å²) in [6.07, 6.45) is 8.63. The SMILES string of the molecule is O=C(COc1ccc(-n2ccnc2)cc1)Nc1ncc(-c2ccccc2)cn1. The molecule has 0 atom stereocenters. The molecule has 0 saturated carbocycles. The molecule has 0 aliphatic heterocycles. The van der Waals surface area contributed by atoms with Crippen LogP contribution in [0.5, 0.6) is 5.75 Å². The summed E-state index contributed by atoms with van der Waals surface area (Å²) in [5, 5.41) is 2.63. The molecular weight excluding hydrogens is 354 g/mol. The summed E-state index contributed by atoms with van der Waals surface area (Å²) in [6, 6.07) is 17.2. The Morgan fingerprint density at radius 2 is 1.71 bits per heavy atom. The maximum Gasteiger partial charge on any atom is 0.264 e. The minimum Gasteiger partial charge on any atom is -0.484 e. The Hall–Kier alpha value is -4.00. The number of carbonyl (C=O) groups is 1. The number of amides is 1. The monoisotopic (exact) mass is 371 g/mol. The second-order valence-corrected chi connectivity index (χ2v) is 5.96. The van der Waals surface area contributed by atoms with Gasteiger partial charge in [0.1, 0.15) is 5.75 Å². The summed E-state index contributed by atoms with van der Waals surface area (Å²) in [5.41, 5.74) is 2.86. The van der Waals surface area contributed by atoms with Crippen molar-refractivity contribution >= 4 is 11.9 Å². The molecule has 28 heavy (non-hydrogen) atoms. The minimum absolute atomic E-state index is 0.131. The first-order valence-corrected chi connectivity index (χ1v) is 8.66. The molecule has 0 fully saturated rings. The van der Waals surface area contributed by atoms with E-state index < -0.39 is 0 Å². The van der Waals surface area contributed by atoms with Crippen LogP contribution in [0.4, 0.5) is 5.95 Å². The highest BCUT2D eigenvalue weighted by atomic mass is 16.5. The lowest BCUT2D eigenvalue weighted by atomic mass is 10.1. The van der Waals surface area contributed by atoms with E-state index in [9.17, 15) is 4.79 Å². The Bertz CT molecular complexity index is 1030. The number of rotatable bonds is 6. The van der Waals surface area contributed by atoms with Crippen LogP contribution in [-0.2, 0) is 4.79 Å². The summed E-state index contributed by atoms with van der Waals surface area (Å²) < 4.78 is 7.39. The van der Waals surface area contributed by atoms with Crippen LogP contribution in [0.25, 0.3) is 16.8 Å². The number of aromatic nitrogens is 4. The average molecular weight is 371 g/mol. The smallest absolute Gasteiger partial charge is 0.264 e. The average Bonchev–Trinajstić information content (AvgIpc) is 3.29. The molecule has 0 aliphatic carbocycles. The molecule has 1 amide bonds. The molecule has 0 spiro atoms. The molecule has 0 unspecified atom stereocenters. The van der Waals surface area contributed by atoms with E-state index >= 15 is 0 Å². The van der Waals surface area contributed by atoms with Crippen molar-refractivity contribution in [1.82, 2.24) is 19.5 Å². The molecule has 2 aromatic heterocycles. The fourth-order valence-electron chi connectivity index (χ4n) is 2.61. The lowest BCUT2D eigenvalue weighted by molar-refractivity contribution is -0.118. The van der Waals surface area contributed by atoms with Crippen molar-refractivity contribution in [1.29, 1.82) is 0 Å². The number of imidazole rings is 1. The van der Waals surface area contributed by atoms with Gasteiger partial charge in [-0.1, -0.05) is 30.3 Å². The highest BCUT2D eigenvalue weighted by molar-refractivity contribution is 5.90. The number of ether oxygens (including phenoxy) is 1. The van der Waals surface area contributed by atoms with E-state index in [-0.39, 0.29) is 18.5 Å². The number of carbonyl (C=O) groups excluding carboxylic acids is 1. The van der Waals surface area contributed by atoms with E-state index in [0.29, 0.717) is 5.75 Å². The summed E-state index contributed by atoms with van der Waals surface area (Å²) in [5.74, 6) is 0.509. The first-order valence-electron chi connectivity index (χ1n) is 8.66. The van der Waals surface area contributed by atoms with E-state index in [1.165, 1.54) is 0 Å². The van der Waals surface area contributed by atoms with Gasteiger partial charge in [0, 0.05) is 36.0 Å². The van der Waals surface area contributed by atoms with Crippen LogP contribution in [0.2, 0.25) is 0 Å². The summed E-state index contributed by atoms with van der Waals surface area (Å²) in [4.78, 5) is 24.4. The Balaban J connectivity index is 1.31. The number of benzene rings is 2. The summed E-state index contributed by atoms with van der Waals surface area (Å²) in [7, 11) is 0. The highest BCUT2D eigenvalue weighted by Crippen LogP contribution is 2.17. The fourth-order valence-corrected chi connectivity index (χ4v) is 2.61. The lowest BCUT2D eigenvalue weighted by Gasteiger charge is -2.08. The third-order valence-corrected chi connectivity index (χ3v) is 4.02.